The Morgan fingerprint density at radius 3 is 2.90 bits per heavy atom. The van der Waals surface area contributed by atoms with Gasteiger partial charge in [-0.05, 0) is 43.5 Å². The molecule has 0 saturated heterocycles. The maximum Gasteiger partial charge on any atom is 0.0815 e. The van der Waals surface area contributed by atoms with Gasteiger partial charge in [-0.15, -0.1) is 0 Å². The molecule has 0 amide bonds. The number of nitrogens with zero attached hydrogens (tertiary/aromatic N) is 2. The van der Waals surface area contributed by atoms with Crippen molar-refractivity contribution in [2.24, 2.45) is 0 Å². The molecule has 0 atom stereocenters. The van der Waals surface area contributed by atoms with E-state index in [0.29, 0.717) is 6.04 Å². The van der Waals surface area contributed by atoms with Gasteiger partial charge in [0.05, 0.1) is 18.3 Å². The number of hydrogen-bond donors (Lipinski definition) is 1. The molecular weight excluding hydrogens is 314 g/mol. The summed E-state index contributed by atoms with van der Waals surface area (Å²) < 4.78 is 3.25. The van der Waals surface area contributed by atoms with Crippen LogP contribution in [0.3, 0.4) is 0 Å². The van der Waals surface area contributed by atoms with Crippen LogP contribution in [0.4, 0.5) is 5.69 Å². The minimum atomic E-state index is 0.622. The SMILES string of the molecule is Cc1ccc(Br)cc1NCc1ccn(C2CCCC2)n1. The molecule has 1 saturated carbocycles. The van der Waals surface area contributed by atoms with E-state index >= 15 is 0 Å². The lowest BCUT2D eigenvalue weighted by Gasteiger charge is -2.10. The molecule has 3 nitrogen and oxygen atoms in total. The van der Waals surface area contributed by atoms with Crippen molar-refractivity contribution in [1.82, 2.24) is 9.78 Å². The number of rotatable bonds is 4. The van der Waals surface area contributed by atoms with Crippen LogP contribution in [0.15, 0.2) is 34.9 Å². The summed E-state index contributed by atoms with van der Waals surface area (Å²) in [4.78, 5) is 0. The molecule has 4 heteroatoms. The van der Waals surface area contributed by atoms with E-state index in [2.05, 4.69) is 63.3 Å². The first-order valence-electron chi connectivity index (χ1n) is 7.26. The van der Waals surface area contributed by atoms with E-state index in [1.807, 2.05) is 0 Å². The highest BCUT2D eigenvalue weighted by Crippen LogP contribution is 2.28. The second kappa shape index (κ2) is 6.00. The third-order valence-electron chi connectivity index (χ3n) is 4.02. The minimum Gasteiger partial charge on any atom is -0.379 e. The van der Waals surface area contributed by atoms with Crippen LogP contribution in [0.1, 0.15) is 43.0 Å². The first-order chi connectivity index (χ1) is 9.72. The van der Waals surface area contributed by atoms with Gasteiger partial charge < -0.3 is 5.32 Å². The van der Waals surface area contributed by atoms with Gasteiger partial charge in [-0.2, -0.15) is 5.10 Å². The highest BCUT2D eigenvalue weighted by molar-refractivity contribution is 9.10. The maximum absolute atomic E-state index is 4.70. The molecule has 1 fully saturated rings. The van der Waals surface area contributed by atoms with Crippen LogP contribution in [0, 0.1) is 6.92 Å². The van der Waals surface area contributed by atoms with E-state index in [9.17, 15) is 0 Å². The van der Waals surface area contributed by atoms with Gasteiger partial charge in [0, 0.05) is 16.4 Å². The normalized spacial score (nSPS) is 15.7. The zero-order chi connectivity index (χ0) is 13.9. The largest absolute Gasteiger partial charge is 0.379 e. The first-order valence-corrected chi connectivity index (χ1v) is 8.06. The smallest absolute Gasteiger partial charge is 0.0815 e. The average molecular weight is 334 g/mol. The minimum absolute atomic E-state index is 0.622. The lowest BCUT2D eigenvalue weighted by atomic mass is 10.2. The summed E-state index contributed by atoms with van der Waals surface area (Å²) >= 11 is 3.51. The molecule has 1 aromatic heterocycles. The van der Waals surface area contributed by atoms with Crippen molar-refractivity contribution in [3.63, 3.8) is 0 Å². The summed E-state index contributed by atoms with van der Waals surface area (Å²) in [5, 5.41) is 8.17. The van der Waals surface area contributed by atoms with Crippen molar-refractivity contribution in [3.05, 3.63) is 46.2 Å². The van der Waals surface area contributed by atoms with E-state index in [0.717, 1.165) is 22.4 Å². The van der Waals surface area contributed by atoms with Gasteiger partial charge in [-0.25, -0.2) is 0 Å². The van der Waals surface area contributed by atoms with Gasteiger partial charge in [0.2, 0.25) is 0 Å². The number of nitrogens with one attached hydrogen (secondary N) is 1. The molecule has 1 aliphatic carbocycles. The molecule has 106 valence electrons. The summed E-state index contributed by atoms with van der Waals surface area (Å²) in [5.74, 6) is 0. The molecule has 0 aliphatic heterocycles. The van der Waals surface area contributed by atoms with E-state index in [1.165, 1.54) is 31.2 Å². The summed E-state index contributed by atoms with van der Waals surface area (Å²) in [6.07, 6.45) is 7.37. The predicted molar refractivity (Wildman–Crippen MR) is 85.9 cm³/mol. The van der Waals surface area contributed by atoms with Crippen molar-refractivity contribution in [3.8, 4) is 0 Å². The topological polar surface area (TPSA) is 29.9 Å². The third kappa shape index (κ3) is 3.06. The molecule has 1 heterocycles. The van der Waals surface area contributed by atoms with Gasteiger partial charge in [0.15, 0.2) is 0 Å². The zero-order valence-electron chi connectivity index (χ0n) is 11.8. The Morgan fingerprint density at radius 2 is 2.10 bits per heavy atom. The molecular formula is C16H20BrN3. The molecule has 0 radical (unpaired) electrons. The molecule has 20 heavy (non-hydrogen) atoms. The van der Waals surface area contributed by atoms with E-state index < -0.39 is 0 Å². The van der Waals surface area contributed by atoms with Crippen molar-refractivity contribution in [1.29, 1.82) is 0 Å². The van der Waals surface area contributed by atoms with Crippen LogP contribution in [-0.4, -0.2) is 9.78 Å². The summed E-state index contributed by atoms with van der Waals surface area (Å²) in [6, 6.07) is 9.04. The number of aryl methyl sites for hydroxylation is 1. The van der Waals surface area contributed by atoms with Crippen molar-refractivity contribution in [2.45, 2.75) is 45.2 Å². The molecule has 0 spiro atoms. The molecule has 2 aromatic rings. The molecule has 1 N–H and O–H groups in total. The number of aromatic nitrogens is 2. The Balaban J connectivity index is 1.64. The van der Waals surface area contributed by atoms with Crippen molar-refractivity contribution < 1.29 is 0 Å². The highest BCUT2D eigenvalue weighted by Gasteiger charge is 2.17. The van der Waals surface area contributed by atoms with Gasteiger partial charge in [0.25, 0.3) is 0 Å². The van der Waals surface area contributed by atoms with Crippen LogP contribution >= 0.6 is 15.9 Å². The van der Waals surface area contributed by atoms with Crippen LogP contribution in [0.2, 0.25) is 0 Å². The monoisotopic (exact) mass is 333 g/mol. The lowest BCUT2D eigenvalue weighted by molar-refractivity contribution is 0.463. The fourth-order valence-electron chi connectivity index (χ4n) is 2.81. The van der Waals surface area contributed by atoms with E-state index in [-0.39, 0.29) is 0 Å². The number of halogens is 1. The molecule has 3 rings (SSSR count). The van der Waals surface area contributed by atoms with Crippen LogP contribution in [-0.2, 0) is 6.54 Å². The quantitative estimate of drug-likeness (QED) is 0.880. The Bertz CT molecular complexity index is 585. The molecule has 1 aromatic carbocycles. The Labute approximate surface area is 128 Å². The molecule has 1 aliphatic rings. The maximum atomic E-state index is 4.70. The molecule has 0 bridgehead atoms. The van der Waals surface area contributed by atoms with Gasteiger partial charge in [-0.3, -0.25) is 4.68 Å². The van der Waals surface area contributed by atoms with Crippen LogP contribution in [0.25, 0.3) is 0 Å². The summed E-state index contributed by atoms with van der Waals surface area (Å²) in [7, 11) is 0. The first kappa shape index (κ1) is 13.7. The third-order valence-corrected chi connectivity index (χ3v) is 4.52. The Kier molecular flexibility index (Phi) is 4.10. The van der Waals surface area contributed by atoms with Gasteiger partial charge >= 0.3 is 0 Å². The highest BCUT2D eigenvalue weighted by atomic mass is 79.9. The van der Waals surface area contributed by atoms with Gasteiger partial charge in [0.1, 0.15) is 0 Å². The standard InChI is InChI=1S/C16H20BrN3/c1-12-6-7-13(17)10-16(12)18-11-14-8-9-20(19-14)15-4-2-3-5-15/h6-10,15,18H,2-5,11H2,1H3. The van der Waals surface area contributed by atoms with Crippen LogP contribution < -0.4 is 5.32 Å². The predicted octanol–water partition coefficient (Wildman–Crippen LogP) is 4.68. The Morgan fingerprint density at radius 1 is 1.30 bits per heavy atom. The zero-order valence-corrected chi connectivity index (χ0v) is 13.4. The summed E-state index contributed by atoms with van der Waals surface area (Å²) in [6.45, 7) is 2.89. The second-order valence-electron chi connectivity index (χ2n) is 5.54. The molecule has 0 unspecified atom stereocenters. The number of anilines is 1. The summed E-state index contributed by atoms with van der Waals surface area (Å²) in [5.41, 5.74) is 3.52. The van der Waals surface area contributed by atoms with E-state index in [1.54, 1.807) is 0 Å². The average Bonchev–Trinajstić information content (AvgIpc) is 3.09. The fraction of sp³-hybridized carbons (Fsp3) is 0.438. The van der Waals surface area contributed by atoms with E-state index in [4.69, 9.17) is 5.10 Å². The fourth-order valence-corrected chi connectivity index (χ4v) is 3.18. The van der Waals surface area contributed by atoms with Crippen LogP contribution in [0.5, 0.6) is 0 Å². The lowest BCUT2D eigenvalue weighted by Crippen LogP contribution is -2.07. The van der Waals surface area contributed by atoms with Crippen molar-refractivity contribution >= 4 is 21.6 Å². The Hall–Kier alpha value is -1.29. The second-order valence-corrected chi connectivity index (χ2v) is 6.45. The number of hydrogen-bond acceptors (Lipinski definition) is 2. The van der Waals surface area contributed by atoms with Gasteiger partial charge in [-0.1, -0.05) is 34.8 Å². The van der Waals surface area contributed by atoms with Crippen molar-refractivity contribution in [2.75, 3.05) is 5.32 Å². The number of benzene rings is 1.